The lowest BCUT2D eigenvalue weighted by Gasteiger charge is -2.14. The third kappa shape index (κ3) is 4.56. The van der Waals surface area contributed by atoms with Gasteiger partial charge in [-0.25, -0.2) is 4.98 Å². The van der Waals surface area contributed by atoms with Crippen LogP contribution in [0.5, 0.6) is 0 Å². The summed E-state index contributed by atoms with van der Waals surface area (Å²) >= 11 is 5.83. The normalized spacial score (nSPS) is 12.4. The van der Waals surface area contributed by atoms with Gasteiger partial charge in [-0.1, -0.05) is 11.6 Å². The summed E-state index contributed by atoms with van der Waals surface area (Å²) in [5.41, 5.74) is -2.90. The highest BCUT2D eigenvalue weighted by atomic mass is 35.5. The molecule has 2 heterocycles. The molecule has 0 spiro atoms. The first-order chi connectivity index (χ1) is 12.9. The van der Waals surface area contributed by atoms with Gasteiger partial charge in [-0.2, -0.15) is 26.3 Å². The van der Waals surface area contributed by atoms with Crippen LogP contribution in [0.2, 0.25) is 5.02 Å². The summed E-state index contributed by atoms with van der Waals surface area (Å²) < 4.78 is 78.7. The van der Waals surface area contributed by atoms with E-state index in [1.807, 2.05) is 0 Å². The van der Waals surface area contributed by atoms with Crippen LogP contribution in [-0.2, 0) is 23.6 Å². The lowest BCUT2D eigenvalue weighted by molar-refractivity contribution is -0.143. The first-order valence-corrected chi connectivity index (χ1v) is 8.02. The SMILES string of the molecule is O=C(Cc1cn2cc(Cl)ccc2n1)Nc1cc(C(F)(F)F)cc(C(F)(F)F)c1. The molecule has 3 aromatic rings. The molecule has 4 nitrogen and oxygen atoms in total. The van der Waals surface area contributed by atoms with E-state index in [4.69, 9.17) is 11.6 Å². The number of carbonyl (C=O) groups is 1. The maximum atomic E-state index is 12.9. The molecule has 0 saturated heterocycles. The summed E-state index contributed by atoms with van der Waals surface area (Å²) in [6, 6.07) is 4.04. The Morgan fingerprint density at radius 3 is 2.18 bits per heavy atom. The molecule has 2 aromatic heterocycles. The Bertz CT molecular complexity index is 1010. The topological polar surface area (TPSA) is 46.4 Å². The van der Waals surface area contributed by atoms with Crippen molar-refractivity contribution in [2.45, 2.75) is 18.8 Å². The fourth-order valence-corrected chi connectivity index (χ4v) is 2.67. The molecule has 0 aliphatic carbocycles. The van der Waals surface area contributed by atoms with Crippen LogP contribution in [0.1, 0.15) is 16.8 Å². The lowest BCUT2D eigenvalue weighted by atomic mass is 10.1. The zero-order chi connectivity index (χ0) is 20.7. The number of imidazole rings is 1. The molecule has 0 radical (unpaired) electrons. The van der Waals surface area contributed by atoms with Crippen molar-refractivity contribution >= 4 is 28.8 Å². The fraction of sp³-hybridized carbons (Fsp3) is 0.176. The van der Waals surface area contributed by atoms with Crippen molar-refractivity contribution in [3.05, 3.63) is 64.6 Å². The summed E-state index contributed by atoms with van der Waals surface area (Å²) in [4.78, 5) is 16.2. The molecule has 1 amide bonds. The van der Waals surface area contributed by atoms with Gasteiger partial charge in [-0.3, -0.25) is 4.79 Å². The van der Waals surface area contributed by atoms with Crippen LogP contribution >= 0.6 is 11.6 Å². The van der Waals surface area contributed by atoms with Crippen molar-refractivity contribution in [2.24, 2.45) is 0 Å². The highest BCUT2D eigenvalue weighted by Gasteiger charge is 2.37. The van der Waals surface area contributed by atoms with E-state index in [2.05, 4.69) is 10.3 Å². The second kappa shape index (κ2) is 7.01. The molecule has 0 fully saturated rings. The molecular formula is C17H10ClF6N3O. The largest absolute Gasteiger partial charge is 0.416 e. The molecule has 3 rings (SSSR count). The Hall–Kier alpha value is -2.75. The van der Waals surface area contributed by atoms with Gasteiger partial charge in [0.1, 0.15) is 5.65 Å². The number of amides is 1. The van der Waals surface area contributed by atoms with E-state index in [9.17, 15) is 31.1 Å². The summed E-state index contributed by atoms with van der Waals surface area (Å²) in [6.07, 6.45) is -7.33. The van der Waals surface area contributed by atoms with Crippen molar-refractivity contribution in [3.8, 4) is 0 Å². The van der Waals surface area contributed by atoms with Gasteiger partial charge in [0, 0.05) is 18.1 Å². The third-order valence-electron chi connectivity index (χ3n) is 3.68. The number of fused-ring (bicyclic) bond motifs is 1. The van der Waals surface area contributed by atoms with Gasteiger partial charge < -0.3 is 9.72 Å². The first-order valence-electron chi connectivity index (χ1n) is 7.64. The predicted octanol–water partition coefficient (Wildman–Crippen LogP) is 5.21. The Balaban J connectivity index is 1.84. The number of benzene rings is 1. The molecule has 0 bridgehead atoms. The Labute approximate surface area is 158 Å². The van der Waals surface area contributed by atoms with Crippen molar-refractivity contribution in [1.29, 1.82) is 0 Å². The number of carbonyl (C=O) groups excluding carboxylic acids is 1. The Kier molecular flexibility index (Phi) is 5.00. The highest BCUT2D eigenvalue weighted by Crippen LogP contribution is 2.37. The van der Waals surface area contributed by atoms with Crippen LogP contribution in [0.3, 0.4) is 0 Å². The quantitative estimate of drug-likeness (QED) is 0.590. The van der Waals surface area contributed by atoms with E-state index in [0.29, 0.717) is 22.8 Å². The standard InChI is InChI=1S/C17H10ClF6N3O/c18-11-1-2-14-25-13(8-27(14)7-11)6-15(28)26-12-4-9(16(19,20)21)3-10(5-12)17(22,23)24/h1-5,7-8H,6H2,(H,26,28). The molecule has 148 valence electrons. The smallest absolute Gasteiger partial charge is 0.326 e. The number of hydrogen-bond donors (Lipinski definition) is 1. The van der Waals surface area contributed by atoms with Crippen LogP contribution in [0.15, 0.2) is 42.7 Å². The third-order valence-corrected chi connectivity index (χ3v) is 3.90. The van der Waals surface area contributed by atoms with Crippen LogP contribution < -0.4 is 5.32 Å². The Morgan fingerprint density at radius 1 is 1.00 bits per heavy atom. The summed E-state index contributed by atoms with van der Waals surface area (Å²) in [5, 5.41) is 2.48. The summed E-state index contributed by atoms with van der Waals surface area (Å²) in [7, 11) is 0. The maximum absolute atomic E-state index is 12.9. The van der Waals surface area contributed by atoms with E-state index in [1.165, 1.54) is 16.8 Å². The lowest BCUT2D eigenvalue weighted by Crippen LogP contribution is -2.17. The number of aromatic nitrogens is 2. The average Bonchev–Trinajstić information content (AvgIpc) is 2.93. The summed E-state index contributed by atoms with van der Waals surface area (Å²) in [6.45, 7) is 0. The fourth-order valence-electron chi connectivity index (χ4n) is 2.50. The maximum Gasteiger partial charge on any atom is 0.416 e. The molecule has 0 aliphatic heterocycles. The minimum absolute atomic E-state index is 0.0124. The van der Waals surface area contributed by atoms with E-state index in [0.717, 1.165) is 0 Å². The molecular weight excluding hydrogens is 412 g/mol. The van der Waals surface area contributed by atoms with Gasteiger partial charge in [0.05, 0.1) is 28.3 Å². The van der Waals surface area contributed by atoms with Gasteiger partial charge in [0.15, 0.2) is 0 Å². The van der Waals surface area contributed by atoms with Crippen molar-refractivity contribution in [1.82, 2.24) is 9.38 Å². The minimum atomic E-state index is -5.00. The van der Waals surface area contributed by atoms with Gasteiger partial charge in [-0.15, -0.1) is 0 Å². The molecule has 28 heavy (non-hydrogen) atoms. The molecule has 1 aromatic carbocycles. The number of halogens is 7. The van der Waals surface area contributed by atoms with Gasteiger partial charge in [0.25, 0.3) is 0 Å². The van der Waals surface area contributed by atoms with Crippen LogP contribution in [0, 0.1) is 0 Å². The number of pyridine rings is 1. The molecule has 0 saturated carbocycles. The van der Waals surface area contributed by atoms with Gasteiger partial charge in [0.2, 0.25) is 5.91 Å². The molecule has 0 aliphatic rings. The van der Waals surface area contributed by atoms with E-state index < -0.39 is 35.1 Å². The number of nitrogens with one attached hydrogen (secondary N) is 1. The Morgan fingerprint density at radius 2 is 1.61 bits per heavy atom. The summed E-state index contributed by atoms with van der Waals surface area (Å²) in [5.74, 6) is -0.818. The predicted molar refractivity (Wildman–Crippen MR) is 89.0 cm³/mol. The highest BCUT2D eigenvalue weighted by molar-refractivity contribution is 6.30. The van der Waals surface area contributed by atoms with Gasteiger partial charge >= 0.3 is 12.4 Å². The number of nitrogens with zero attached hydrogens (tertiary/aromatic N) is 2. The van der Waals surface area contributed by atoms with Gasteiger partial charge in [-0.05, 0) is 30.3 Å². The van der Waals surface area contributed by atoms with Crippen LogP contribution in [0.4, 0.5) is 32.0 Å². The molecule has 11 heteroatoms. The second-order valence-electron chi connectivity index (χ2n) is 5.86. The second-order valence-corrected chi connectivity index (χ2v) is 6.30. The number of anilines is 1. The van der Waals surface area contributed by atoms with E-state index in [-0.39, 0.29) is 18.2 Å². The van der Waals surface area contributed by atoms with E-state index >= 15 is 0 Å². The van der Waals surface area contributed by atoms with E-state index in [1.54, 1.807) is 12.1 Å². The number of rotatable bonds is 3. The monoisotopic (exact) mass is 421 g/mol. The molecule has 0 atom stereocenters. The van der Waals surface area contributed by atoms with Crippen molar-refractivity contribution < 1.29 is 31.1 Å². The molecule has 0 unspecified atom stereocenters. The zero-order valence-electron chi connectivity index (χ0n) is 13.7. The van der Waals surface area contributed by atoms with Crippen molar-refractivity contribution in [2.75, 3.05) is 5.32 Å². The minimum Gasteiger partial charge on any atom is -0.326 e. The number of hydrogen-bond acceptors (Lipinski definition) is 2. The first kappa shape index (κ1) is 20.0. The van der Waals surface area contributed by atoms with Crippen LogP contribution in [0.25, 0.3) is 5.65 Å². The van der Waals surface area contributed by atoms with Crippen LogP contribution in [-0.4, -0.2) is 15.3 Å². The van der Waals surface area contributed by atoms with Crippen molar-refractivity contribution in [3.63, 3.8) is 0 Å². The zero-order valence-corrected chi connectivity index (χ0v) is 14.5. The number of alkyl halides is 6. The molecule has 1 N–H and O–H groups in total. The average molecular weight is 422 g/mol.